The summed E-state index contributed by atoms with van der Waals surface area (Å²) in [6, 6.07) is 0. The van der Waals surface area contributed by atoms with Gasteiger partial charge >= 0.3 is 0 Å². The molecular weight excluding hydrogens is 212 g/mol. The number of aliphatic hydroxyl groups excluding tert-OH is 1. The SMILES string of the molecule is CCC(C)c1cncc(C(C)O)c1C(F)F. The van der Waals surface area contributed by atoms with Gasteiger partial charge in [-0.05, 0) is 24.8 Å². The summed E-state index contributed by atoms with van der Waals surface area (Å²) in [7, 11) is 0. The van der Waals surface area contributed by atoms with E-state index in [0.717, 1.165) is 6.42 Å². The van der Waals surface area contributed by atoms with Crippen molar-refractivity contribution in [2.45, 2.75) is 45.6 Å². The topological polar surface area (TPSA) is 33.1 Å². The van der Waals surface area contributed by atoms with Crippen LogP contribution in [-0.2, 0) is 0 Å². The van der Waals surface area contributed by atoms with Gasteiger partial charge in [0.05, 0.1) is 6.10 Å². The molecule has 4 heteroatoms. The first-order chi connectivity index (χ1) is 7.49. The molecule has 1 rings (SSSR count). The van der Waals surface area contributed by atoms with E-state index in [9.17, 15) is 13.9 Å². The van der Waals surface area contributed by atoms with Crippen molar-refractivity contribution in [3.63, 3.8) is 0 Å². The highest BCUT2D eigenvalue weighted by Gasteiger charge is 2.22. The third-order valence-electron chi connectivity index (χ3n) is 2.86. The Hall–Kier alpha value is -1.03. The number of rotatable bonds is 4. The summed E-state index contributed by atoms with van der Waals surface area (Å²) in [4.78, 5) is 3.92. The maximum absolute atomic E-state index is 13.0. The Labute approximate surface area is 94.3 Å². The molecule has 1 aromatic rings. The van der Waals surface area contributed by atoms with Gasteiger partial charge < -0.3 is 5.11 Å². The standard InChI is InChI=1S/C12H17F2NO/c1-4-7(2)9-5-15-6-10(8(3)16)11(9)12(13)14/h5-8,12,16H,4H2,1-3H3. The Morgan fingerprint density at radius 1 is 1.25 bits per heavy atom. The molecule has 1 N–H and O–H groups in total. The molecule has 0 aliphatic carbocycles. The van der Waals surface area contributed by atoms with Crippen molar-refractivity contribution < 1.29 is 13.9 Å². The highest BCUT2D eigenvalue weighted by atomic mass is 19.3. The highest BCUT2D eigenvalue weighted by Crippen LogP contribution is 2.34. The first-order valence-corrected chi connectivity index (χ1v) is 5.42. The quantitative estimate of drug-likeness (QED) is 0.855. The zero-order chi connectivity index (χ0) is 12.3. The smallest absolute Gasteiger partial charge is 0.264 e. The Kier molecular flexibility index (Phi) is 4.35. The number of nitrogens with zero attached hydrogens (tertiary/aromatic N) is 1. The van der Waals surface area contributed by atoms with Crippen LogP contribution in [0.25, 0.3) is 0 Å². The minimum Gasteiger partial charge on any atom is -0.389 e. The lowest BCUT2D eigenvalue weighted by Gasteiger charge is -2.18. The number of pyridine rings is 1. The molecule has 0 bridgehead atoms. The maximum atomic E-state index is 13.0. The van der Waals surface area contributed by atoms with Crippen molar-refractivity contribution in [3.05, 3.63) is 29.1 Å². The summed E-state index contributed by atoms with van der Waals surface area (Å²) in [5.74, 6) is 0.0233. The van der Waals surface area contributed by atoms with Gasteiger partial charge in [-0.25, -0.2) is 8.78 Å². The lowest BCUT2D eigenvalue weighted by molar-refractivity contribution is 0.138. The fourth-order valence-electron chi connectivity index (χ4n) is 1.70. The van der Waals surface area contributed by atoms with Gasteiger partial charge in [0, 0.05) is 23.5 Å². The Balaban J connectivity index is 3.32. The summed E-state index contributed by atoms with van der Waals surface area (Å²) >= 11 is 0. The number of hydrogen-bond donors (Lipinski definition) is 1. The zero-order valence-corrected chi connectivity index (χ0v) is 9.74. The third-order valence-corrected chi connectivity index (χ3v) is 2.86. The average Bonchev–Trinajstić information content (AvgIpc) is 2.26. The van der Waals surface area contributed by atoms with Crippen LogP contribution >= 0.6 is 0 Å². The van der Waals surface area contributed by atoms with E-state index in [2.05, 4.69) is 4.98 Å². The number of hydrogen-bond acceptors (Lipinski definition) is 2. The van der Waals surface area contributed by atoms with Crippen molar-refractivity contribution in [1.29, 1.82) is 0 Å². The second-order valence-electron chi connectivity index (χ2n) is 4.02. The number of halogens is 2. The van der Waals surface area contributed by atoms with Gasteiger partial charge in [-0.1, -0.05) is 13.8 Å². The van der Waals surface area contributed by atoms with E-state index in [0.29, 0.717) is 5.56 Å². The van der Waals surface area contributed by atoms with Gasteiger partial charge in [-0.2, -0.15) is 0 Å². The van der Waals surface area contributed by atoms with E-state index >= 15 is 0 Å². The van der Waals surface area contributed by atoms with Crippen LogP contribution in [0, 0.1) is 0 Å². The molecule has 0 aromatic carbocycles. The molecule has 0 fully saturated rings. The predicted molar refractivity (Wildman–Crippen MR) is 58.5 cm³/mol. The number of aromatic nitrogens is 1. The molecule has 0 aliphatic heterocycles. The van der Waals surface area contributed by atoms with Gasteiger partial charge in [0.25, 0.3) is 6.43 Å². The minimum absolute atomic E-state index is 0.0233. The van der Waals surface area contributed by atoms with Crippen molar-refractivity contribution >= 4 is 0 Å². The summed E-state index contributed by atoms with van der Waals surface area (Å²) < 4.78 is 26.0. The molecule has 1 heterocycles. The first kappa shape index (κ1) is 13.0. The predicted octanol–water partition coefficient (Wildman–Crippen LogP) is 3.59. The van der Waals surface area contributed by atoms with Gasteiger partial charge in [-0.3, -0.25) is 4.98 Å². The molecule has 90 valence electrons. The van der Waals surface area contributed by atoms with Crippen LogP contribution in [0.5, 0.6) is 0 Å². The molecule has 0 spiro atoms. The van der Waals surface area contributed by atoms with Gasteiger partial charge in [0.2, 0.25) is 0 Å². The van der Waals surface area contributed by atoms with Gasteiger partial charge in [0.15, 0.2) is 0 Å². The van der Waals surface area contributed by atoms with Crippen LogP contribution in [0.1, 0.15) is 62.3 Å². The van der Waals surface area contributed by atoms with Crippen molar-refractivity contribution in [1.82, 2.24) is 4.98 Å². The van der Waals surface area contributed by atoms with Gasteiger partial charge in [0.1, 0.15) is 0 Å². The lowest BCUT2D eigenvalue weighted by Crippen LogP contribution is -2.07. The molecule has 1 aromatic heterocycles. The van der Waals surface area contributed by atoms with Crippen LogP contribution in [0.2, 0.25) is 0 Å². The highest BCUT2D eigenvalue weighted by molar-refractivity contribution is 5.36. The largest absolute Gasteiger partial charge is 0.389 e. The lowest BCUT2D eigenvalue weighted by atomic mass is 9.92. The maximum Gasteiger partial charge on any atom is 0.264 e. The summed E-state index contributed by atoms with van der Waals surface area (Å²) in [5, 5.41) is 9.46. The minimum atomic E-state index is -2.57. The fraction of sp³-hybridized carbons (Fsp3) is 0.583. The molecular formula is C12H17F2NO. The second kappa shape index (κ2) is 5.34. The third kappa shape index (κ3) is 2.55. The summed E-state index contributed by atoms with van der Waals surface area (Å²) in [6.07, 6.45) is 0.0710. The number of alkyl halides is 2. The van der Waals surface area contributed by atoms with Crippen molar-refractivity contribution in [3.8, 4) is 0 Å². The van der Waals surface area contributed by atoms with Crippen LogP contribution < -0.4 is 0 Å². The summed E-state index contributed by atoms with van der Waals surface area (Å²) in [5.41, 5.74) is 0.711. The molecule has 0 saturated carbocycles. The molecule has 16 heavy (non-hydrogen) atoms. The van der Waals surface area contributed by atoms with E-state index in [1.54, 1.807) is 0 Å². The molecule has 2 nitrogen and oxygen atoms in total. The molecule has 0 amide bonds. The van der Waals surface area contributed by atoms with Crippen LogP contribution in [0.4, 0.5) is 8.78 Å². The monoisotopic (exact) mass is 229 g/mol. The van der Waals surface area contributed by atoms with E-state index in [1.165, 1.54) is 19.3 Å². The van der Waals surface area contributed by atoms with E-state index in [1.807, 2.05) is 13.8 Å². The molecule has 0 aliphatic rings. The van der Waals surface area contributed by atoms with Gasteiger partial charge in [-0.15, -0.1) is 0 Å². The van der Waals surface area contributed by atoms with Crippen LogP contribution in [0.15, 0.2) is 12.4 Å². The Bertz CT molecular complexity index is 353. The zero-order valence-electron chi connectivity index (χ0n) is 9.74. The van der Waals surface area contributed by atoms with E-state index < -0.39 is 12.5 Å². The molecule has 2 unspecified atom stereocenters. The molecule has 0 radical (unpaired) electrons. The Morgan fingerprint density at radius 2 is 1.81 bits per heavy atom. The number of aliphatic hydroxyl groups is 1. The first-order valence-electron chi connectivity index (χ1n) is 5.42. The summed E-state index contributed by atoms with van der Waals surface area (Å²) in [6.45, 7) is 5.30. The fourth-order valence-corrected chi connectivity index (χ4v) is 1.70. The van der Waals surface area contributed by atoms with Crippen LogP contribution in [-0.4, -0.2) is 10.1 Å². The van der Waals surface area contributed by atoms with Crippen molar-refractivity contribution in [2.24, 2.45) is 0 Å². The Morgan fingerprint density at radius 3 is 2.25 bits per heavy atom. The van der Waals surface area contributed by atoms with Crippen LogP contribution in [0.3, 0.4) is 0 Å². The van der Waals surface area contributed by atoms with E-state index in [-0.39, 0.29) is 17.0 Å². The average molecular weight is 229 g/mol. The molecule has 0 saturated heterocycles. The molecule has 2 atom stereocenters. The van der Waals surface area contributed by atoms with Crippen molar-refractivity contribution in [2.75, 3.05) is 0 Å². The second-order valence-corrected chi connectivity index (χ2v) is 4.02. The normalized spacial score (nSPS) is 15.2. The van der Waals surface area contributed by atoms with E-state index in [4.69, 9.17) is 0 Å².